The smallest absolute Gasteiger partial charge is 0.274 e. The van der Waals surface area contributed by atoms with E-state index in [2.05, 4.69) is 15.6 Å². The molecule has 1 aliphatic heterocycles. The molecule has 7 heteroatoms. The molecule has 0 radical (unpaired) electrons. The Bertz CT molecular complexity index is 792. The van der Waals surface area contributed by atoms with Crippen LogP contribution in [0.5, 0.6) is 11.5 Å². The molecule has 0 aliphatic carbocycles. The maximum absolute atomic E-state index is 12.4. The Balaban J connectivity index is 1.72. The summed E-state index contributed by atoms with van der Waals surface area (Å²) >= 11 is 0. The van der Waals surface area contributed by atoms with E-state index >= 15 is 0 Å². The fraction of sp³-hybridized carbons (Fsp3) is 0.278. The van der Waals surface area contributed by atoms with E-state index < -0.39 is 5.91 Å². The van der Waals surface area contributed by atoms with Crippen molar-refractivity contribution in [3.8, 4) is 11.5 Å². The van der Waals surface area contributed by atoms with Crippen LogP contribution in [0.3, 0.4) is 0 Å². The highest BCUT2D eigenvalue weighted by atomic mass is 16.6. The van der Waals surface area contributed by atoms with Crippen LogP contribution in [0.1, 0.15) is 34.3 Å². The Labute approximate surface area is 145 Å². The normalized spacial score (nSPS) is 12.4. The number of amides is 2. The monoisotopic (exact) mass is 341 g/mol. The summed E-state index contributed by atoms with van der Waals surface area (Å²) in [6.45, 7) is 3.51. The van der Waals surface area contributed by atoms with Gasteiger partial charge < -0.3 is 20.1 Å². The second-order valence-corrected chi connectivity index (χ2v) is 5.48. The molecule has 1 aromatic carbocycles. The molecule has 2 N–H and O–H groups in total. The fourth-order valence-corrected chi connectivity index (χ4v) is 2.33. The van der Waals surface area contributed by atoms with Crippen LogP contribution >= 0.6 is 0 Å². The molecule has 25 heavy (non-hydrogen) atoms. The SMILES string of the molecule is CCCNC(=O)c1cccc(C(=O)Nc2ccc3c(c2)OCCO3)n1. The lowest BCUT2D eigenvalue weighted by Crippen LogP contribution is -2.26. The molecule has 0 atom stereocenters. The van der Waals surface area contributed by atoms with Crippen molar-refractivity contribution in [3.05, 3.63) is 47.8 Å². The number of nitrogens with zero attached hydrogens (tertiary/aromatic N) is 1. The third kappa shape index (κ3) is 4.06. The van der Waals surface area contributed by atoms with Crippen LogP contribution in [0, 0.1) is 0 Å². The molecule has 0 unspecified atom stereocenters. The molecular weight excluding hydrogens is 322 g/mol. The lowest BCUT2D eigenvalue weighted by Gasteiger charge is -2.19. The van der Waals surface area contributed by atoms with Gasteiger partial charge in [0.15, 0.2) is 11.5 Å². The molecular formula is C18H19N3O4. The molecule has 0 bridgehead atoms. The minimum absolute atomic E-state index is 0.166. The van der Waals surface area contributed by atoms with Gasteiger partial charge in [0, 0.05) is 18.3 Å². The average Bonchev–Trinajstić information content (AvgIpc) is 2.66. The van der Waals surface area contributed by atoms with Crippen LogP contribution in [-0.4, -0.2) is 36.6 Å². The van der Waals surface area contributed by atoms with Crippen LogP contribution in [0.15, 0.2) is 36.4 Å². The molecule has 0 saturated carbocycles. The number of fused-ring (bicyclic) bond motifs is 1. The van der Waals surface area contributed by atoms with E-state index in [1.54, 1.807) is 36.4 Å². The first-order valence-corrected chi connectivity index (χ1v) is 8.13. The molecule has 1 aromatic heterocycles. The predicted molar refractivity (Wildman–Crippen MR) is 92.2 cm³/mol. The number of carbonyl (C=O) groups excluding carboxylic acids is 2. The topological polar surface area (TPSA) is 89.6 Å². The second-order valence-electron chi connectivity index (χ2n) is 5.48. The number of hydrogen-bond donors (Lipinski definition) is 2. The molecule has 2 aromatic rings. The van der Waals surface area contributed by atoms with Crippen LogP contribution < -0.4 is 20.1 Å². The first kappa shape index (κ1) is 16.8. The Hall–Kier alpha value is -3.09. The van der Waals surface area contributed by atoms with E-state index in [1.165, 1.54) is 0 Å². The van der Waals surface area contributed by atoms with Gasteiger partial charge in [0.05, 0.1) is 0 Å². The van der Waals surface area contributed by atoms with E-state index in [-0.39, 0.29) is 17.3 Å². The molecule has 2 heterocycles. The summed E-state index contributed by atoms with van der Waals surface area (Å²) in [7, 11) is 0. The van der Waals surface area contributed by atoms with Crippen LogP contribution in [-0.2, 0) is 0 Å². The number of carbonyl (C=O) groups is 2. The number of benzene rings is 1. The van der Waals surface area contributed by atoms with E-state index in [0.29, 0.717) is 36.9 Å². The van der Waals surface area contributed by atoms with Gasteiger partial charge in [0.25, 0.3) is 11.8 Å². The summed E-state index contributed by atoms with van der Waals surface area (Å²) < 4.78 is 10.9. The van der Waals surface area contributed by atoms with Crippen molar-refractivity contribution >= 4 is 17.5 Å². The van der Waals surface area contributed by atoms with Gasteiger partial charge in [-0.25, -0.2) is 4.98 Å². The lowest BCUT2D eigenvalue weighted by atomic mass is 10.2. The second kappa shape index (κ2) is 7.65. The highest BCUT2D eigenvalue weighted by Crippen LogP contribution is 2.32. The Morgan fingerprint density at radius 2 is 1.76 bits per heavy atom. The van der Waals surface area contributed by atoms with Crippen molar-refractivity contribution in [1.82, 2.24) is 10.3 Å². The molecule has 0 saturated heterocycles. The first-order chi connectivity index (χ1) is 12.2. The molecule has 0 spiro atoms. The molecule has 3 rings (SSSR count). The third-order valence-electron chi connectivity index (χ3n) is 3.55. The van der Waals surface area contributed by atoms with Crippen molar-refractivity contribution in [2.45, 2.75) is 13.3 Å². The Morgan fingerprint density at radius 3 is 2.52 bits per heavy atom. The largest absolute Gasteiger partial charge is 0.486 e. The number of hydrogen-bond acceptors (Lipinski definition) is 5. The average molecular weight is 341 g/mol. The number of rotatable bonds is 5. The van der Waals surface area contributed by atoms with Gasteiger partial charge in [-0.05, 0) is 30.7 Å². The van der Waals surface area contributed by atoms with Gasteiger partial charge in [-0.15, -0.1) is 0 Å². The lowest BCUT2D eigenvalue weighted by molar-refractivity contribution is 0.0948. The van der Waals surface area contributed by atoms with Crippen molar-refractivity contribution in [2.24, 2.45) is 0 Å². The van der Waals surface area contributed by atoms with Gasteiger partial charge in [-0.2, -0.15) is 0 Å². The summed E-state index contributed by atoms with van der Waals surface area (Å²) in [6.07, 6.45) is 0.829. The summed E-state index contributed by atoms with van der Waals surface area (Å²) in [5.74, 6) is 0.541. The quantitative estimate of drug-likeness (QED) is 0.870. The van der Waals surface area contributed by atoms with Gasteiger partial charge >= 0.3 is 0 Å². The van der Waals surface area contributed by atoms with Gasteiger partial charge in [-0.1, -0.05) is 13.0 Å². The minimum atomic E-state index is -0.401. The van der Waals surface area contributed by atoms with Crippen LogP contribution in [0.25, 0.3) is 0 Å². The maximum atomic E-state index is 12.4. The van der Waals surface area contributed by atoms with Crippen molar-refractivity contribution in [2.75, 3.05) is 25.1 Å². The molecule has 0 fully saturated rings. The summed E-state index contributed by atoms with van der Waals surface area (Å²) in [5.41, 5.74) is 0.944. The van der Waals surface area contributed by atoms with E-state index in [4.69, 9.17) is 9.47 Å². The highest BCUT2D eigenvalue weighted by molar-refractivity contribution is 6.04. The Kier molecular flexibility index (Phi) is 5.13. The van der Waals surface area contributed by atoms with E-state index in [9.17, 15) is 9.59 Å². The molecule has 130 valence electrons. The standard InChI is InChI=1S/C18H19N3O4/c1-2-8-19-17(22)13-4-3-5-14(21-13)18(23)20-12-6-7-15-16(11-12)25-10-9-24-15/h3-7,11H,2,8-10H2,1H3,(H,19,22)(H,20,23). The number of pyridine rings is 1. The Morgan fingerprint density at radius 1 is 1.04 bits per heavy atom. The van der Waals surface area contributed by atoms with E-state index in [0.717, 1.165) is 6.42 Å². The van der Waals surface area contributed by atoms with Crippen molar-refractivity contribution in [1.29, 1.82) is 0 Å². The van der Waals surface area contributed by atoms with Gasteiger partial charge in [0.2, 0.25) is 0 Å². The van der Waals surface area contributed by atoms with Crippen LogP contribution in [0.4, 0.5) is 5.69 Å². The fourth-order valence-electron chi connectivity index (χ4n) is 2.33. The number of anilines is 1. The third-order valence-corrected chi connectivity index (χ3v) is 3.55. The number of ether oxygens (including phenoxy) is 2. The molecule has 7 nitrogen and oxygen atoms in total. The van der Waals surface area contributed by atoms with Crippen molar-refractivity contribution < 1.29 is 19.1 Å². The number of nitrogens with one attached hydrogen (secondary N) is 2. The molecule has 2 amide bonds. The predicted octanol–water partition coefficient (Wildman–Crippen LogP) is 2.24. The summed E-state index contributed by atoms with van der Waals surface area (Å²) in [6, 6.07) is 9.93. The number of aromatic nitrogens is 1. The summed E-state index contributed by atoms with van der Waals surface area (Å²) in [5, 5.41) is 5.48. The minimum Gasteiger partial charge on any atom is -0.486 e. The van der Waals surface area contributed by atoms with Crippen molar-refractivity contribution in [3.63, 3.8) is 0 Å². The zero-order valence-corrected chi connectivity index (χ0v) is 13.9. The summed E-state index contributed by atoms with van der Waals surface area (Å²) in [4.78, 5) is 28.5. The maximum Gasteiger partial charge on any atom is 0.274 e. The van der Waals surface area contributed by atoms with Gasteiger partial charge in [0.1, 0.15) is 24.6 Å². The van der Waals surface area contributed by atoms with Gasteiger partial charge in [-0.3, -0.25) is 9.59 Å². The van der Waals surface area contributed by atoms with E-state index in [1.807, 2.05) is 6.92 Å². The highest BCUT2D eigenvalue weighted by Gasteiger charge is 2.15. The first-order valence-electron chi connectivity index (χ1n) is 8.13. The zero-order chi connectivity index (χ0) is 17.6. The van der Waals surface area contributed by atoms with Crippen LogP contribution in [0.2, 0.25) is 0 Å². The molecule has 1 aliphatic rings. The zero-order valence-electron chi connectivity index (χ0n) is 13.9.